The van der Waals surface area contributed by atoms with Crippen molar-refractivity contribution >= 4 is 22.5 Å². The van der Waals surface area contributed by atoms with Crippen LogP contribution in [-0.2, 0) is 11.3 Å². The number of carbonyl (C=O) groups is 1. The van der Waals surface area contributed by atoms with Crippen LogP contribution in [0.2, 0.25) is 0 Å². The number of pyridine rings is 2. The van der Waals surface area contributed by atoms with E-state index in [1.807, 2.05) is 4.90 Å². The molecule has 8 heteroatoms. The Kier molecular flexibility index (Phi) is 5.99. The van der Waals surface area contributed by atoms with Crippen LogP contribution in [0.3, 0.4) is 0 Å². The SMILES string of the molecule is COCCn1ccc2nc(C)c(C(=O)N3CCN(c4ccccc4F)CC3)cc2c1=O. The number of methoxy groups -OCH3 is 1. The fourth-order valence-electron chi connectivity index (χ4n) is 3.92. The second-order valence-corrected chi connectivity index (χ2v) is 7.59. The highest BCUT2D eigenvalue weighted by molar-refractivity contribution is 5.98. The molecule has 0 aliphatic carbocycles. The Hall–Kier alpha value is -3.26. The first kappa shape index (κ1) is 21.0. The summed E-state index contributed by atoms with van der Waals surface area (Å²) in [5, 5.41) is 0.414. The second kappa shape index (κ2) is 8.85. The molecule has 0 spiro atoms. The van der Waals surface area contributed by atoms with Crippen LogP contribution in [0, 0.1) is 12.7 Å². The van der Waals surface area contributed by atoms with Gasteiger partial charge in [0.15, 0.2) is 0 Å². The Morgan fingerprint density at radius 3 is 2.61 bits per heavy atom. The molecule has 1 aliphatic heterocycles. The van der Waals surface area contributed by atoms with E-state index < -0.39 is 0 Å². The van der Waals surface area contributed by atoms with Crippen molar-refractivity contribution in [1.82, 2.24) is 14.5 Å². The van der Waals surface area contributed by atoms with Crippen molar-refractivity contribution < 1.29 is 13.9 Å². The zero-order chi connectivity index (χ0) is 22.0. The van der Waals surface area contributed by atoms with Crippen LogP contribution in [0.1, 0.15) is 16.1 Å². The Balaban J connectivity index is 1.56. The number of hydrogen-bond acceptors (Lipinski definition) is 5. The lowest BCUT2D eigenvalue weighted by atomic mass is 10.1. The lowest BCUT2D eigenvalue weighted by Gasteiger charge is -2.36. The number of amides is 1. The number of anilines is 1. The largest absolute Gasteiger partial charge is 0.383 e. The van der Waals surface area contributed by atoms with E-state index in [0.29, 0.717) is 67.2 Å². The van der Waals surface area contributed by atoms with Crippen molar-refractivity contribution in [1.29, 1.82) is 0 Å². The molecule has 2 aromatic heterocycles. The number of rotatable bonds is 5. The first-order valence-electron chi connectivity index (χ1n) is 10.3. The van der Waals surface area contributed by atoms with Crippen LogP contribution in [-0.4, -0.2) is 60.3 Å². The van der Waals surface area contributed by atoms with Crippen LogP contribution in [0.5, 0.6) is 0 Å². The molecule has 0 bridgehead atoms. The van der Waals surface area contributed by atoms with Crippen molar-refractivity contribution in [2.45, 2.75) is 13.5 Å². The van der Waals surface area contributed by atoms with E-state index in [-0.39, 0.29) is 17.3 Å². The third-order valence-electron chi connectivity index (χ3n) is 5.67. The molecule has 7 nitrogen and oxygen atoms in total. The normalized spacial score (nSPS) is 14.3. The summed E-state index contributed by atoms with van der Waals surface area (Å²) < 4.78 is 20.7. The first-order valence-corrected chi connectivity index (χ1v) is 10.3. The maximum atomic E-state index is 14.1. The number of benzene rings is 1. The quantitative estimate of drug-likeness (QED) is 0.630. The summed E-state index contributed by atoms with van der Waals surface area (Å²) in [7, 11) is 1.58. The highest BCUT2D eigenvalue weighted by atomic mass is 19.1. The number of piperazine rings is 1. The van der Waals surface area contributed by atoms with Gasteiger partial charge in [-0.1, -0.05) is 12.1 Å². The molecule has 162 valence electrons. The van der Waals surface area contributed by atoms with E-state index in [1.165, 1.54) is 6.07 Å². The number of para-hydroxylation sites is 1. The van der Waals surface area contributed by atoms with E-state index in [2.05, 4.69) is 4.98 Å². The molecule has 1 fully saturated rings. The van der Waals surface area contributed by atoms with Crippen LogP contribution >= 0.6 is 0 Å². The van der Waals surface area contributed by atoms with Crippen molar-refractivity contribution in [3.8, 4) is 0 Å². The zero-order valence-electron chi connectivity index (χ0n) is 17.7. The minimum Gasteiger partial charge on any atom is -0.383 e. The van der Waals surface area contributed by atoms with Gasteiger partial charge in [-0.2, -0.15) is 0 Å². The molecular formula is C23H25FN4O3. The second-order valence-electron chi connectivity index (χ2n) is 7.59. The third kappa shape index (κ3) is 4.16. The van der Waals surface area contributed by atoms with Crippen molar-refractivity contribution in [2.24, 2.45) is 0 Å². The molecule has 0 radical (unpaired) electrons. The van der Waals surface area contributed by atoms with Gasteiger partial charge in [0.25, 0.3) is 11.5 Å². The number of aryl methyl sites for hydroxylation is 1. The third-order valence-corrected chi connectivity index (χ3v) is 5.67. The molecule has 0 N–H and O–H groups in total. The lowest BCUT2D eigenvalue weighted by molar-refractivity contribution is 0.0745. The molecule has 31 heavy (non-hydrogen) atoms. The fraction of sp³-hybridized carbons (Fsp3) is 0.348. The molecule has 3 aromatic rings. The fourth-order valence-corrected chi connectivity index (χ4v) is 3.92. The summed E-state index contributed by atoms with van der Waals surface area (Å²) in [6.07, 6.45) is 1.69. The van der Waals surface area contributed by atoms with Crippen molar-refractivity contribution in [3.05, 3.63) is 70.0 Å². The monoisotopic (exact) mass is 424 g/mol. The maximum absolute atomic E-state index is 14.1. The van der Waals surface area contributed by atoms with Gasteiger partial charge < -0.3 is 19.1 Å². The first-order chi connectivity index (χ1) is 15.0. The average molecular weight is 424 g/mol. The number of fused-ring (bicyclic) bond motifs is 1. The molecule has 3 heterocycles. The Morgan fingerprint density at radius 2 is 1.90 bits per heavy atom. The Bertz CT molecular complexity index is 1170. The molecule has 1 saturated heterocycles. The smallest absolute Gasteiger partial charge is 0.260 e. The van der Waals surface area contributed by atoms with Crippen molar-refractivity contribution in [2.75, 3.05) is 44.8 Å². The number of aromatic nitrogens is 2. The topological polar surface area (TPSA) is 67.7 Å². The van der Waals surface area contributed by atoms with E-state index in [4.69, 9.17) is 4.74 Å². The average Bonchev–Trinajstić information content (AvgIpc) is 2.78. The summed E-state index contributed by atoms with van der Waals surface area (Å²) in [4.78, 5) is 34.2. The Morgan fingerprint density at radius 1 is 1.16 bits per heavy atom. The molecule has 1 amide bonds. The van der Waals surface area contributed by atoms with E-state index in [1.54, 1.807) is 60.0 Å². The van der Waals surface area contributed by atoms with Crippen LogP contribution < -0.4 is 10.5 Å². The van der Waals surface area contributed by atoms with E-state index in [9.17, 15) is 14.0 Å². The predicted octanol–water partition coefficient (Wildman–Crippen LogP) is 2.45. The molecule has 0 atom stereocenters. The molecule has 4 rings (SSSR count). The molecular weight excluding hydrogens is 399 g/mol. The summed E-state index contributed by atoms with van der Waals surface area (Å²) in [5.74, 6) is -0.423. The molecule has 1 aromatic carbocycles. The predicted molar refractivity (Wildman–Crippen MR) is 117 cm³/mol. The summed E-state index contributed by atoms with van der Waals surface area (Å²) in [6, 6.07) is 10.1. The van der Waals surface area contributed by atoms with Crippen LogP contribution in [0.25, 0.3) is 10.9 Å². The van der Waals surface area contributed by atoms with Gasteiger partial charge in [0, 0.05) is 46.0 Å². The van der Waals surface area contributed by atoms with Gasteiger partial charge >= 0.3 is 0 Å². The summed E-state index contributed by atoms with van der Waals surface area (Å²) in [6.45, 7) is 4.64. The van der Waals surface area contributed by atoms with Crippen LogP contribution in [0.15, 0.2) is 47.4 Å². The minimum absolute atomic E-state index is 0.160. The van der Waals surface area contributed by atoms with Crippen molar-refractivity contribution in [3.63, 3.8) is 0 Å². The van der Waals surface area contributed by atoms with Crippen LogP contribution in [0.4, 0.5) is 10.1 Å². The van der Waals surface area contributed by atoms with Gasteiger partial charge in [-0.25, -0.2) is 4.39 Å². The number of ether oxygens (including phenoxy) is 1. The number of carbonyl (C=O) groups excluding carboxylic acids is 1. The van der Waals surface area contributed by atoms with E-state index in [0.717, 1.165) is 0 Å². The summed E-state index contributed by atoms with van der Waals surface area (Å²) >= 11 is 0. The van der Waals surface area contributed by atoms with Gasteiger partial charge in [-0.15, -0.1) is 0 Å². The van der Waals surface area contributed by atoms with Gasteiger partial charge in [0.05, 0.1) is 34.5 Å². The number of nitrogens with zero attached hydrogens (tertiary/aromatic N) is 4. The Labute approximate surface area is 179 Å². The lowest BCUT2D eigenvalue weighted by Crippen LogP contribution is -2.49. The highest BCUT2D eigenvalue weighted by Crippen LogP contribution is 2.22. The standard InChI is InChI=1S/C23H25FN4O3/c1-16-17(15-18-20(25-16)7-8-27(23(18)30)13-14-31-2)22(29)28-11-9-26(10-12-28)21-6-4-3-5-19(21)24/h3-8,15H,9-14H2,1-2H3. The maximum Gasteiger partial charge on any atom is 0.260 e. The number of halogens is 1. The molecule has 1 aliphatic rings. The molecule has 0 saturated carbocycles. The zero-order valence-corrected chi connectivity index (χ0v) is 17.7. The van der Waals surface area contributed by atoms with Gasteiger partial charge in [-0.3, -0.25) is 14.6 Å². The van der Waals surface area contributed by atoms with Gasteiger partial charge in [0.1, 0.15) is 5.82 Å². The van der Waals surface area contributed by atoms with Gasteiger partial charge in [0.2, 0.25) is 0 Å². The number of hydrogen-bond donors (Lipinski definition) is 0. The highest BCUT2D eigenvalue weighted by Gasteiger charge is 2.25. The van der Waals surface area contributed by atoms with E-state index >= 15 is 0 Å². The molecule has 0 unspecified atom stereocenters. The van der Waals surface area contributed by atoms with Gasteiger partial charge in [-0.05, 0) is 31.2 Å². The summed E-state index contributed by atoms with van der Waals surface area (Å²) in [5.41, 5.74) is 1.93. The minimum atomic E-state index is -0.262.